The molecule has 30 heavy (non-hydrogen) atoms. The van der Waals surface area contributed by atoms with Crippen molar-refractivity contribution in [2.45, 2.75) is 6.54 Å². The molecule has 7 nitrogen and oxygen atoms in total. The van der Waals surface area contributed by atoms with E-state index in [0.717, 1.165) is 36.8 Å². The Morgan fingerprint density at radius 3 is 2.73 bits per heavy atom. The molecule has 0 unspecified atom stereocenters. The third-order valence-electron chi connectivity index (χ3n) is 6.63. The zero-order chi connectivity index (χ0) is 20.7. The number of hydrogen-bond donors (Lipinski definition) is 1. The quantitative estimate of drug-likeness (QED) is 0.704. The van der Waals surface area contributed by atoms with Gasteiger partial charge in [0.25, 0.3) is 5.91 Å². The minimum absolute atomic E-state index is 0.0213. The molecule has 2 atom stereocenters. The summed E-state index contributed by atoms with van der Waals surface area (Å²) in [6, 6.07) is 13.7. The van der Waals surface area contributed by atoms with Gasteiger partial charge >= 0.3 is 0 Å². The van der Waals surface area contributed by atoms with Crippen molar-refractivity contribution in [1.29, 1.82) is 0 Å². The Labute approximate surface area is 175 Å². The first-order valence-corrected chi connectivity index (χ1v) is 10.3. The van der Waals surface area contributed by atoms with Gasteiger partial charge in [-0.2, -0.15) is 0 Å². The van der Waals surface area contributed by atoms with Gasteiger partial charge in [0.2, 0.25) is 0 Å². The van der Waals surface area contributed by atoms with Crippen LogP contribution in [0.4, 0.5) is 0 Å². The van der Waals surface area contributed by atoms with Gasteiger partial charge in [-0.15, -0.1) is 0 Å². The lowest BCUT2D eigenvalue weighted by molar-refractivity contribution is 0.0708. The predicted octanol–water partition coefficient (Wildman–Crippen LogP) is 2.25. The van der Waals surface area contributed by atoms with E-state index in [0.29, 0.717) is 18.8 Å². The van der Waals surface area contributed by atoms with Gasteiger partial charge in [0.05, 0.1) is 25.6 Å². The number of carbonyl (C=O) groups excluding carboxylic acids is 1. The lowest BCUT2D eigenvalue weighted by Crippen LogP contribution is -2.39. The lowest BCUT2D eigenvalue weighted by atomic mass is 9.82. The van der Waals surface area contributed by atoms with Crippen LogP contribution in [0.3, 0.4) is 0 Å². The van der Waals surface area contributed by atoms with Crippen molar-refractivity contribution >= 4 is 5.91 Å². The molecule has 1 N–H and O–H groups in total. The first-order valence-electron chi connectivity index (χ1n) is 10.3. The van der Waals surface area contributed by atoms with Gasteiger partial charge in [-0.05, 0) is 18.1 Å². The molecule has 5 rings (SSSR count). The van der Waals surface area contributed by atoms with E-state index in [4.69, 9.17) is 4.42 Å². The van der Waals surface area contributed by atoms with Crippen molar-refractivity contribution in [1.82, 2.24) is 19.4 Å². The van der Waals surface area contributed by atoms with E-state index in [1.54, 1.807) is 12.5 Å². The standard InChI is InChI=1S/C23H26N4O3/c1-25-20(10-24-21(25)17-6-3-2-4-7-17)22(29)27-12-18-11-26(13-19-8-5-9-30-19)14-23(18,15-27)16-28/h2-10,18,28H,11-16H2,1H3/t18-,23+/m0/s1. The molecule has 4 heterocycles. The number of aliphatic hydroxyl groups excluding tert-OH is 1. The smallest absolute Gasteiger partial charge is 0.272 e. The Morgan fingerprint density at radius 1 is 1.20 bits per heavy atom. The van der Waals surface area contributed by atoms with Crippen LogP contribution < -0.4 is 0 Å². The summed E-state index contributed by atoms with van der Waals surface area (Å²) in [6.07, 6.45) is 3.35. The average Bonchev–Trinajstić information content (AvgIpc) is 3.52. The summed E-state index contributed by atoms with van der Waals surface area (Å²) in [5.74, 6) is 1.94. The van der Waals surface area contributed by atoms with Crippen LogP contribution in [0.5, 0.6) is 0 Å². The summed E-state index contributed by atoms with van der Waals surface area (Å²) < 4.78 is 7.34. The molecule has 2 aromatic heterocycles. The van der Waals surface area contributed by atoms with E-state index in [-0.39, 0.29) is 23.8 Å². The van der Waals surface area contributed by atoms with Gasteiger partial charge in [0.1, 0.15) is 17.3 Å². The monoisotopic (exact) mass is 406 g/mol. The molecule has 0 radical (unpaired) electrons. The van der Waals surface area contributed by atoms with Crippen LogP contribution in [0.15, 0.2) is 59.3 Å². The van der Waals surface area contributed by atoms with Crippen LogP contribution in [0.25, 0.3) is 11.4 Å². The van der Waals surface area contributed by atoms with Crippen molar-refractivity contribution in [3.63, 3.8) is 0 Å². The van der Waals surface area contributed by atoms with Gasteiger partial charge in [0, 0.05) is 44.2 Å². The summed E-state index contributed by atoms with van der Waals surface area (Å²) in [5.41, 5.74) is 1.29. The maximum absolute atomic E-state index is 13.3. The molecule has 1 aromatic carbocycles. The first kappa shape index (κ1) is 19.1. The highest BCUT2D eigenvalue weighted by molar-refractivity contribution is 5.93. The van der Waals surface area contributed by atoms with E-state index < -0.39 is 0 Å². The molecule has 2 fully saturated rings. The Hall–Kier alpha value is -2.90. The number of carbonyl (C=O) groups is 1. The number of rotatable bonds is 5. The minimum Gasteiger partial charge on any atom is -0.468 e. The van der Waals surface area contributed by atoms with Crippen LogP contribution in [0.2, 0.25) is 0 Å². The van der Waals surface area contributed by atoms with Crippen molar-refractivity contribution < 1.29 is 14.3 Å². The molecule has 0 saturated carbocycles. The zero-order valence-electron chi connectivity index (χ0n) is 17.1. The second-order valence-corrected chi connectivity index (χ2v) is 8.54. The first-order chi connectivity index (χ1) is 14.6. The molecule has 156 valence electrons. The van der Waals surface area contributed by atoms with Gasteiger partial charge < -0.3 is 19.0 Å². The van der Waals surface area contributed by atoms with E-state index in [9.17, 15) is 9.90 Å². The van der Waals surface area contributed by atoms with Gasteiger partial charge in [-0.3, -0.25) is 9.69 Å². The molecule has 0 bridgehead atoms. The average molecular weight is 406 g/mol. The number of benzene rings is 1. The number of furan rings is 1. The number of amides is 1. The Balaban J connectivity index is 1.32. The third-order valence-corrected chi connectivity index (χ3v) is 6.63. The van der Waals surface area contributed by atoms with Crippen molar-refractivity contribution in [2.75, 3.05) is 32.8 Å². The number of imidazole rings is 1. The molecule has 2 aliphatic rings. The van der Waals surface area contributed by atoms with Gasteiger partial charge in [-0.25, -0.2) is 4.98 Å². The topological polar surface area (TPSA) is 74.7 Å². The fourth-order valence-electron chi connectivity index (χ4n) is 5.04. The molecular formula is C23H26N4O3. The fraction of sp³-hybridized carbons (Fsp3) is 0.391. The lowest BCUT2D eigenvalue weighted by Gasteiger charge is -2.27. The summed E-state index contributed by atoms with van der Waals surface area (Å²) in [6.45, 7) is 3.65. The van der Waals surface area contributed by atoms with E-state index in [1.807, 2.05) is 59.0 Å². The second kappa shape index (κ2) is 7.41. The highest BCUT2D eigenvalue weighted by Crippen LogP contribution is 2.43. The van der Waals surface area contributed by atoms with E-state index >= 15 is 0 Å². The highest BCUT2D eigenvalue weighted by Gasteiger charge is 2.53. The molecule has 7 heteroatoms. The molecule has 3 aromatic rings. The van der Waals surface area contributed by atoms with E-state index in [2.05, 4.69) is 9.88 Å². The zero-order valence-corrected chi connectivity index (χ0v) is 17.1. The normalized spacial score (nSPS) is 23.8. The van der Waals surface area contributed by atoms with Crippen LogP contribution >= 0.6 is 0 Å². The molecule has 1 amide bonds. The summed E-state index contributed by atoms with van der Waals surface area (Å²) in [7, 11) is 1.88. The van der Waals surface area contributed by atoms with Crippen molar-refractivity contribution in [3.8, 4) is 11.4 Å². The summed E-state index contributed by atoms with van der Waals surface area (Å²) >= 11 is 0. The number of fused-ring (bicyclic) bond motifs is 1. The van der Waals surface area contributed by atoms with Crippen molar-refractivity contribution in [2.24, 2.45) is 18.4 Å². The summed E-state index contributed by atoms with van der Waals surface area (Å²) in [4.78, 5) is 22.0. The molecule has 0 spiro atoms. The molecule has 2 saturated heterocycles. The van der Waals surface area contributed by atoms with E-state index in [1.165, 1.54) is 0 Å². The number of aromatic nitrogens is 2. The minimum atomic E-state index is -0.275. The molecule has 0 aliphatic carbocycles. The Morgan fingerprint density at radius 2 is 2.03 bits per heavy atom. The Kier molecular flexibility index (Phi) is 4.72. The maximum atomic E-state index is 13.3. The molecule has 2 aliphatic heterocycles. The van der Waals surface area contributed by atoms with Crippen LogP contribution in [-0.4, -0.2) is 63.2 Å². The largest absolute Gasteiger partial charge is 0.468 e. The Bertz CT molecular complexity index is 1030. The number of likely N-dealkylation sites (tertiary alicyclic amines) is 2. The van der Waals surface area contributed by atoms with Crippen LogP contribution in [-0.2, 0) is 13.6 Å². The molecular weight excluding hydrogens is 380 g/mol. The van der Waals surface area contributed by atoms with Crippen LogP contribution in [0.1, 0.15) is 16.2 Å². The van der Waals surface area contributed by atoms with Gasteiger partial charge in [0.15, 0.2) is 0 Å². The van der Waals surface area contributed by atoms with Gasteiger partial charge in [-0.1, -0.05) is 30.3 Å². The number of aliphatic hydroxyl groups is 1. The van der Waals surface area contributed by atoms with Crippen molar-refractivity contribution in [3.05, 3.63) is 66.4 Å². The fourth-order valence-corrected chi connectivity index (χ4v) is 5.04. The third kappa shape index (κ3) is 3.14. The highest BCUT2D eigenvalue weighted by atomic mass is 16.3. The second-order valence-electron chi connectivity index (χ2n) is 8.54. The SMILES string of the molecule is Cn1c(C(=O)N2C[C@@H]3CN(Cc4ccco4)C[C@]3(CO)C2)cnc1-c1ccccc1. The summed E-state index contributed by atoms with van der Waals surface area (Å²) in [5, 5.41) is 10.2. The number of hydrogen-bond acceptors (Lipinski definition) is 5. The predicted molar refractivity (Wildman–Crippen MR) is 112 cm³/mol. The number of nitrogens with zero attached hydrogens (tertiary/aromatic N) is 4. The van der Waals surface area contributed by atoms with Crippen LogP contribution in [0, 0.1) is 11.3 Å². The maximum Gasteiger partial charge on any atom is 0.272 e.